The molecule has 3 nitrogen and oxygen atoms in total. The average Bonchev–Trinajstić information content (AvgIpc) is 2.84. The van der Waals surface area contributed by atoms with E-state index in [-0.39, 0.29) is 5.91 Å². The third-order valence-electron chi connectivity index (χ3n) is 5.81. The highest BCUT2D eigenvalue weighted by Crippen LogP contribution is 2.42. The van der Waals surface area contributed by atoms with Gasteiger partial charge >= 0.3 is 0 Å². The van der Waals surface area contributed by atoms with Gasteiger partial charge in [-0.1, -0.05) is 12.8 Å². The van der Waals surface area contributed by atoms with Crippen molar-refractivity contribution in [3.05, 3.63) is 25.8 Å². The molecular weight excluding hydrogens is 360 g/mol. The van der Waals surface area contributed by atoms with E-state index in [0.717, 1.165) is 30.2 Å². The summed E-state index contributed by atoms with van der Waals surface area (Å²) in [4.78, 5) is 19.0. The van der Waals surface area contributed by atoms with Crippen molar-refractivity contribution in [3.8, 4) is 0 Å². The molecule has 26 heavy (non-hydrogen) atoms. The van der Waals surface area contributed by atoms with Crippen molar-refractivity contribution in [3.63, 3.8) is 0 Å². The Kier molecular flexibility index (Phi) is 6.39. The van der Waals surface area contributed by atoms with Gasteiger partial charge in [0.15, 0.2) is 0 Å². The molecule has 0 bridgehead atoms. The summed E-state index contributed by atoms with van der Waals surface area (Å²) in [6.07, 6.45) is 13.8. The van der Waals surface area contributed by atoms with Crippen LogP contribution in [0, 0.1) is 0 Å². The second-order valence-electron chi connectivity index (χ2n) is 7.72. The maximum atomic E-state index is 12.5. The van der Waals surface area contributed by atoms with Crippen LogP contribution in [-0.2, 0) is 23.4 Å². The molecule has 0 radical (unpaired) electrons. The Morgan fingerprint density at radius 2 is 1.85 bits per heavy atom. The molecule has 0 spiro atoms. The van der Waals surface area contributed by atoms with Gasteiger partial charge in [0.1, 0.15) is 0 Å². The Bertz CT molecular complexity index is 672. The van der Waals surface area contributed by atoms with Crippen LogP contribution < -0.4 is 5.32 Å². The average molecular weight is 391 g/mol. The number of nitrogens with one attached hydrogen (secondary N) is 1. The first-order chi connectivity index (χ1) is 12.8. The SMILES string of the molecule is O=C(NCCCN1CCCCCC1)C1=Cc2sc3c(c2CS1)CCCC3. The predicted octanol–water partition coefficient (Wildman–Crippen LogP) is 4.60. The molecular formula is C21H30N2OS2. The number of carbonyl (C=O) groups excluding carboxylic acids is 1. The third-order valence-corrected chi connectivity index (χ3v) is 8.13. The lowest BCUT2D eigenvalue weighted by molar-refractivity contribution is -0.116. The molecule has 5 heteroatoms. The second kappa shape index (κ2) is 8.94. The highest BCUT2D eigenvalue weighted by Gasteiger charge is 2.24. The van der Waals surface area contributed by atoms with Crippen molar-refractivity contribution in [1.82, 2.24) is 10.2 Å². The lowest BCUT2D eigenvalue weighted by Gasteiger charge is -2.20. The number of hydrogen-bond acceptors (Lipinski definition) is 4. The molecule has 3 aliphatic rings. The predicted molar refractivity (Wildman–Crippen MR) is 113 cm³/mol. The number of hydrogen-bond donors (Lipinski definition) is 1. The molecule has 1 aromatic rings. The Hall–Kier alpha value is -0.780. The molecule has 4 rings (SSSR count). The van der Waals surface area contributed by atoms with Crippen molar-refractivity contribution < 1.29 is 4.79 Å². The minimum atomic E-state index is 0.128. The van der Waals surface area contributed by atoms with Crippen LogP contribution in [0.5, 0.6) is 0 Å². The highest BCUT2D eigenvalue weighted by atomic mass is 32.2. The Morgan fingerprint density at radius 1 is 1.04 bits per heavy atom. The van der Waals surface area contributed by atoms with Crippen LogP contribution in [0.2, 0.25) is 0 Å². The maximum absolute atomic E-state index is 12.5. The Balaban J connectivity index is 1.28. The molecule has 3 heterocycles. The Labute approximate surface area is 165 Å². The van der Waals surface area contributed by atoms with Gasteiger partial charge in [-0.3, -0.25) is 4.79 Å². The number of amides is 1. The minimum Gasteiger partial charge on any atom is -0.352 e. The van der Waals surface area contributed by atoms with Gasteiger partial charge in [-0.25, -0.2) is 0 Å². The van der Waals surface area contributed by atoms with E-state index in [2.05, 4.69) is 16.3 Å². The van der Waals surface area contributed by atoms with Crippen molar-refractivity contribution in [2.75, 3.05) is 26.2 Å². The van der Waals surface area contributed by atoms with E-state index in [9.17, 15) is 4.79 Å². The van der Waals surface area contributed by atoms with Gasteiger partial charge < -0.3 is 10.2 Å². The monoisotopic (exact) mass is 390 g/mol. The van der Waals surface area contributed by atoms with Crippen LogP contribution >= 0.6 is 23.1 Å². The summed E-state index contributed by atoms with van der Waals surface area (Å²) in [6.45, 7) is 4.39. The van der Waals surface area contributed by atoms with Gasteiger partial charge in [-0.05, 0) is 81.8 Å². The zero-order valence-electron chi connectivity index (χ0n) is 15.6. The molecule has 0 aromatic carbocycles. The first-order valence-corrected chi connectivity index (χ1v) is 12.1. The van der Waals surface area contributed by atoms with E-state index in [1.165, 1.54) is 74.9 Å². The zero-order valence-corrected chi connectivity index (χ0v) is 17.3. The summed E-state index contributed by atoms with van der Waals surface area (Å²) in [5, 5.41) is 3.15. The van der Waals surface area contributed by atoms with E-state index in [1.807, 2.05) is 11.3 Å². The lowest BCUT2D eigenvalue weighted by atomic mass is 9.95. The zero-order chi connectivity index (χ0) is 17.8. The van der Waals surface area contributed by atoms with E-state index in [1.54, 1.807) is 22.2 Å². The number of likely N-dealkylation sites (tertiary alicyclic amines) is 1. The molecule has 0 saturated carbocycles. The number of aryl methyl sites for hydroxylation is 1. The van der Waals surface area contributed by atoms with E-state index in [0.29, 0.717) is 0 Å². The second-order valence-corrected chi connectivity index (χ2v) is 9.87. The molecule has 1 saturated heterocycles. The topological polar surface area (TPSA) is 32.3 Å². The van der Waals surface area contributed by atoms with Crippen molar-refractivity contribution in [1.29, 1.82) is 0 Å². The first-order valence-electron chi connectivity index (χ1n) is 10.3. The fourth-order valence-electron chi connectivity index (χ4n) is 4.32. The Morgan fingerprint density at radius 3 is 2.69 bits per heavy atom. The van der Waals surface area contributed by atoms with Crippen LogP contribution in [0.15, 0.2) is 4.91 Å². The summed E-state index contributed by atoms with van der Waals surface area (Å²) < 4.78 is 0. The summed E-state index contributed by atoms with van der Waals surface area (Å²) >= 11 is 3.66. The van der Waals surface area contributed by atoms with Gasteiger partial charge in [-0.15, -0.1) is 23.1 Å². The van der Waals surface area contributed by atoms with Crippen LogP contribution in [0.3, 0.4) is 0 Å². The van der Waals surface area contributed by atoms with E-state index < -0.39 is 0 Å². The number of thiophene rings is 1. The standard InChI is InChI=1S/C21H30N2OS2/c24-21(22-10-7-13-23-11-5-1-2-6-12-23)20-14-19-17(15-25-20)16-8-3-4-9-18(16)26-19/h14H,1-13,15H2,(H,22,24). The van der Waals surface area contributed by atoms with Crippen LogP contribution in [0.1, 0.15) is 65.8 Å². The smallest absolute Gasteiger partial charge is 0.257 e. The van der Waals surface area contributed by atoms with Crippen LogP contribution in [-0.4, -0.2) is 37.0 Å². The fraction of sp³-hybridized carbons (Fsp3) is 0.667. The van der Waals surface area contributed by atoms with Crippen LogP contribution in [0.4, 0.5) is 0 Å². The largest absolute Gasteiger partial charge is 0.352 e. The molecule has 1 fully saturated rings. The molecule has 0 unspecified atom stereocenters. The van der Waals surface area contributed by atoms with Gasteiger partial charge in [0.25, 0.3) is 5.91 Å². The van der Waals surface area contributed by atoms with Gasteiger partial charge in [-0.2, -0.15) is 0 Å². The molecule has 1 aromatic heterocycles. The lowest BCUT2D eigenvalue weighted by Crippen LogP contribution is -2.31. The van der Waals surface area contributed by atoms with Crippen LogP contribution in [0.25, 0.3) is 6.08 Å². The number of carbonyl (C=O) groups is 1. The van der Waals surface area contributed by atoms with Crippen molar-refractivity contribution in [2.45, 2.75) is 63.5 Å². The van der Waals surface area contributed by atoms with Gasteiger partial charge in [0.05, 0.1) is 4.91 Å². The maximum Gasteiger partial charge on any atom is 0.257 e. The first kappa shape index (κ1) is 18.6. The fourth-order valence-corrected chi connectivity index (χ4v) is 6.88. The summed E-state index contributed by atoms with van der Waals surface area (Å²) in [7, 11) is 0. The third kappa shape index (κ3) is 4.37. The van der Waals surface area contributed by atoms with Crippen molar-refractivity contribution in [2.24, 2.45) is 0 Å². The van der Waals surface area contributed by atoms with Gasteiger partial charge in [0, 0.05) is 22.1 Å². The minimum absolute atomic E-state index is 0.128. The van der Waals surface area contributed by atoms with E-state index in [4.69, 9.17) is 0 Å². The number of thioether (sulfide) groups is 1. The molecule has 0 atom stereocenters. The quantitative estimate of drug-likeness (QED) is 0.746. The molecule has 1 N–H and O–H groups in total. The summed E-state index contributed by atoms with van der Waals surface area (Å²) in [5.41, 5.74) is 3.13. The summed E-state index contributed by atoms with van der Waals surface area (Å²) in [5.74, 6) is 1.11. The molecule has 1 aliphatic carbocycles. The molecule has 142 valence electrons. The number of fused-ring (bicyclic) bond motifs is 3. The number of nitrogens with zero attached hydrogens (tertiary/aromatic N) is 1. The van der Waals surface area contributed by atoms with Crippen molar-refractivity contribution >= 4 is 35.1 Å². The summed E-state index contributed by atoms with van der Waals surface area (Å²) in [6, 6.07) is 0. The molecule has 2 aliphatic heterocycles. The normalized spacial score (nSPS) is 20.7. The van der Waals surface area contributed by atoms with E-state index >= 15 is 0 Å². The molecule has 1 amide bonds. The number of rotatable bonds is 5. The van der Waals surface area contributed by atoms with Gasteiger partial charge in [0.2, 0.25) is 0 Å². The highest BCUT2D eigenvalue weighted by molar-refractivity contribution is 8.03.